The summed E-state index contributed by atoms with van der Waals surface area (Å²) in [7, 11) is 0. The first-order chi connectivity index (χ1) is 16.7. The van der Waals surface area contributed by atoms with Crippen LogP contribution in [-0.2, 0) is 13.1 Å². The van der Waals surface area contributed by atoms with Crippen LogP contribution in [0.3, 0.4) is 0 Å². The minimum absolute atomic E-state index is 0.0966. The molecule has 0 atom stereocenters. The summed E-state index contributed by atoms with van der Waals surface area (Å²) in [6.07, 6.45) is 5.40. The van der Waals surface area contributed by atoms with Gasteiger partial charge < -0.3 is 9.47 Å². The fourth-order valence-corrected chi connectivity index (χ4v) is 4.34. The molecule has 0 aliphatic rings. The first-order valence-corrected chi connectivity index (χ1v) is 12.3. The molecule has 0 radical (unpaired) electrons. The van der Waals surface area contributed by atoms with E-state index in [2.05, 4.69) is 73.1 Å². The highest BCUT2D eigenvalue weighted by molar-refractivity contribution is 5.94. The number of amides is 1. The van der Waals surface area contributed by atoms with Crippen LogP contribution in [0.1, 0.15) is 53.4 Å². The van der Waals surface area contributed by atoms with Crippen molar-refractivity contribution in [1.82, 2.24) is 9.47 Å². The van der Waals surface area contributed by atoms with Crippen LogP contribution in [0.2, 0.25) is 0 Å². The molecule has 0 fully saturated rings. The predicted molar refractivity (Wildman–Crippen MR) is 141 cm³/mol. The summed E-state index contributed by atoms with van der Waals surface area (Å²) in [6, 6.07) is 31.0. The summed E-state index contributed by atoms with van der Waals surface area (Å²) in [4.78, 5) is 15.6. The van der Waals surface area contributed by atoms with Crippen molar-refractivity contribution in [2.24, 2.45) is 0 Å². The van der Waals surface area contributed by atoms with Gasteiger partial charge in [0.05, 0.1) is 6.54 Å². The average Bonchev–Trinajstić information content (AvgIpc) is 3.31. The smallest absolute Gasteiger partial charge is 0.254 e. The lowest BCUT2D eigenvalue weighted by Gasteiger charge is -2.24. The molecule has 1 heterocycles. The number of hydrogen-bond acceptors (Lipinski definition) is 1. The van der Waals surface area contributed by atoms with Crippen molar-refractivity contribution in [2.75, 3.05) is 6.54 Å². The Morgan fingerprint density at radius 1 is 0.794 bits per heavy atom. The molecule has 0 saturated carbocycles. The minimum Gasteiger partial charge on any atom is -0.345 e. The number of aromatic nitrogens is 1. The lowest BCUT2D eigenvalue weighted by molar-refractivity contribution is 0.0736. The maximum atomic E-state index is 13.6. The number of carbonyl (C=O) groups excluding carboxylic acids is 1. The molecule has 0 aliphatic heterocycles. The number of nitrogens with zero attached hydrogens (tertiary/aromatic N) is 2. The van der Waals surface area contributed by atoms with Gasteiger partial charge in [0.1, 0.15) is 0 Å². The second kappa shape index (κ2) is 11.5. The Morgan fingerprint density at radius 2 is 1.50 bits per heavy atom. The monoisotopic (exact) mass is 450 g/mol. The van der Waals surface area contributed by atoms with Gasteiger partial charge in [0, 0.05) is 30.5 Å². The van der Waals surface area contributed by atoms with E-state index in [9.17, 15) is 4.79 Å². The molecular weight excluding hydrogens is 416 g/mol. The average molecular weight is 451 g/mol. The lowest BCUT2D eigenvalue weighted by atomic mass is 10.0. The zero-order valence-corrected chi connectivity index (χ0v) is 20.3. The first kappa shape index (κ1) is 23.6. The molecule has 0 aliphatic carbocycles. The van der Waals surface area contributed by atoms with Crippen LogP contribution >= 0.6 is 0 Å². The van der Waals surface area contributed by atoms with Crippen molar-refractivity contribution in [2.45, 2.75) is 46.2 Å². The topological polar surface area (TPSA) is 25.2 Å². The van der Waals surface area contributed by atoms with Gasteiger partial charge in [-0.25, -0.2) is 0 Å². The van der Waals surface area contributed by atoms with E-state index in [0.29, 0.717) is 6.54 Å². The predicted octanol–water partition coefficient (Wildman–Crippen LogP) is 7.34. The molecule has 0 bridgehead atoms. The molecule has 1 amide bonds. The highest BCUT2D eigenvalue weighted by atomic mass is 16.2. The summed E-state index contributed by atoms with van der Waals surface area (Å²) in [5.74, 6) is 0.0966. The van der Waals surface area contributed by atoms with Crippen LogP contribution < -0.4 is 0 Å². The van der Waals surface area contributed by atoms with Crippen molar-refractivity contribution in [3.05, 3.63) is 120 Å². The van der Waals surface area contributed by atoms with Crippen LogP contribution in [0.5, 0.6) is 0 Å². The molecule has 0 N–H and O–H groups in total. The van der Waals surface area contributed by atoms with E-state index in [1.165, 1.54) is 11.1 Å². The zero-order chi connectivity index (χ0) is 23.8. The van der Waals surface area contributed by atoms with Crippen molar-refractivity contribution in [3.8, 4) is 11.1 Å². The second-order valence-corrected chi connectivity index (χ2v) is 8.93. The number of aryl methyl sites for hydroxylation is 1. The summed E-state index contributed by atoms with van der Waals surface area (Å²) >= 11 is 0. The number of rotatable bonds is 10. The van der Waals surface area contributed by atoms with Crippen molar-refractivity contribution < 1.29 is 4.79 Å². The molecule has 4 rings (SSSR count). The van der Waals surface area contributed by atoms with Gasteiger partial charge in [-0.2, -0.15) is 0 Å². The fraction of sp³-hybridized carbons (Fsp3) is 0.258. The maximum absolute atomic E-state index is 13.6. The molecule has 174 valence electrons. The van der Waals surface area contributed by atoms with E-state index in [1.807, 2.05) is 47.4 Å². The largest absolute Gasteiger partial charge is 0.345 e. The Hall–Kier alpha value is -3.59. The van der Waals surface area contributed by atoms with Gasteiger partial charge in [-0.3, -0.25) is 4.79 Å². The third-order valence-corrected chi connectivity index (χ3v) is 6.44. The fourth-order valence-electron chi connectivity index (χ4n) is 4.34. The highest BCUT2D eigenvalue weighted by Gasteiger charge is 2.18. The quantitative estimate of drug-likeness (QED) is 0.232. The number of unbranched alkanes of at least 4 members (excludes halogenated alkanes) is 2. The van der Waals surface area contributed by atoms with Gasteiger partial charge in [-0.15, -0.1) is 0 Å². The molecule has 1 aromatic heterocycles. The molecule has 3 aromatic carbocycles. The molecule has 3 nitrogen and oxygen atoms in total. The molecule has 0 spiro atoms. The third kappa shape index (κ3) is 5.85. The molecule has 3 heteroatoms. The van der Waals surface area contributed by atoms with Crippen molar-refractivity contribution >= 4 is 5.91 Å². The van der Waals surface area contributed by atoms with E-state index >= 15 is 0 Å². The lowest BCUT2D eigenvalue weighted by Crippen LogP contribution is -2.32. The first-order valence-electron chi connectivity index (χ1n) is 12.3. The van der Waals surface area contributed by atoms with Gasteiger partial charge in [-0.1, -0.05) is 86.5 Å². The van der Waals surface area contributed by atoms with E-state index in [0.717, 1.165) is 54.7 Å². The van der Waals surface area contributed by atoms with Gasteiger partial charge in [0.15, 0.2) is 0 Å². The Morgan fingerprint density at radius 3 is 2.24 bits per heavy atom. The normalized spacial score (nSPS) is 10.9. The van der Waals surface area contributed by atoms with Crippen LogP contribution in [0.25, 0.3) is 11.1 Å². The highest BCUT2D eigenvalue weighted by Crippen LogP contribution is 2.21. The van der Waals surface area contributed by atoms with Gasteiger partial charge >= 0.3 is 0 Å². The molecule has 0 saturated heterocycles. The summed E-state index contributed by atoms with van der Waals surface area (Å²) < 4.78 is 2.26. The van der Waals surface area contributed by atoms with Crippen molar-refractivity contribution in [3.63, 3.8) is 0 Å². The molecule has 4 aromatic rings. The van der Waals surface area contributed by atoms with Crippen LogP contribution in [0, 0.1) is 6.92 Å². The van der Waals surface area contributed by atoms with E-state index in [1.54, 1.807) is 0 Å². The number of carbonyl (C=O) groups is 1. The molecular formula is C31H34N2O. The summed E-state index contributed by atoms with van der Waals surface area (Å²) in [5.41, 5.74) is 6.79. The van der Waals surface area contributed by atoms with Gasteiger partial charge in [-0.05, 0) is 59.9 Å². The molecule has 0 unspecified atom stereocenters. The van der Waals surface area contributed by atoms with Gasteiger partial charge in [0.2, 0.25) is 0 Å². The molecule has 34 heavy (non-hydrogen) atoms. The van der Waals surface area contributed by atoms with Crippen LogP contribution in [0.15, 0.2) is 97.2 Å². The summed E-state index contributed by atoms with van der Waals surface area (Å²) in [6.45, 7) is 6.54. The van der Waals surface area contributed by atoms with Crippen molar-refractivity contribution in [1.29, 1.82) is 0 Å². The number of benzene rings is 3. The van der Waals surface area contributed by atoms with E-state index in [4.69, 9.17) is 0 Å². The van der Waals surface area contributed by atoms with Crippen LogP contribution in [-0.4, -0.2) is 21.9 Å². The Labute approximate surface area is 203 Å². The van der Waals surface area contributed by atoms with Gasteiger partial charge in [0.25, 0.3) is 5.91 Å². The van der Waals surface area contributed by atoms with E-state index in [-0.39, 0.29) is 5.91 Å². The standard InChI is InChI=1S/C31H34N2O/c1-3-4-10-21-33(24-30-16-11-22-32(30)23-29-15-9-8-12-25(29)2)31(34)28-19-17-27(18-20-28)26-13-6-5-7-14-26/h5-9,11-20,22H,3-4,10,21,23-24H2,1-2H3. The Balaban J connectivity index is 1.53. The number of hydrogen-bond donors (Lipinski definition) is 0. The van der Waals surface area contributed by atoms with Crippen LogP contribution in [0.4, 0.5) is 0 Å². The third-order valence-electron chi connectivity index (χ3n) is 6.44. The summed E-state index contributed by atoms with van der Waals surface area (Å²) in [5, 5.41) is 0. The SMILES string of the molecule is CCCCCN(Cc1cccn1Cc1ccccc1C)C(=O)c1ccc(-c2ccccc2)cc1. The Bertz CT molecular complexity index is 1190. The maximum Gasteiger partial charge on any atom is 0.254 e. The zero-order valence-electron chi connectivity index (χ0n) is 20.3. The minimum atomic E-state index is 0.0966. The Kier molecular flexibility index (Phi) is 7.98. The van der Waals surface area contributed by atoms with E-state index < -0.39 is 0 Å². The second-order valence-electron chi connectivity index (χ2n) is 8.93.